The number of likely N-dealkylation sites (tertiary alicyclic amines) is 1. The van der Waals surface area contributed by atoms with Crippen molar-refractivity contribution in [1.82, 2.24) is 15.1 Å². The smallest absolute Gasteiger partial charge is 0.232 e. The number of sulfonamides is 1. The first-order valence-electron chi connectivity index (χ1n) is 10.4. The second kappa shape index (κ2) is 8.65. The highest BCUT2D eigenvalue weighted by molar-refractivity contribution is 7.92. The Morgan fingerprint density at radius 1 is 1.23 bits per heavy atom. The summed E-state index contributed by atoms with van der Waals surface area (Å²) in [4.78, 5) is 2.43. The lowest BCUT2D eigenvalue weighted by atomic mass is 10.0. The van der Waals surface area contributed by atoms with Crippen molar-refractivity contribution in [3.05, 3.63) is 53.7 Å². The summed E-state index contributed by atoms with van der Waals surface area (Å²) >= 11 is 0. The molecule has 2 heterocycles. The summed E-state index contributed by atoms with van der Waals surface area (Å²) in [6.45, 7) is 6.37. The van der Waals surface area contributed by atoms with E-state index in [9.17, 15) is 8.42 Å². The Kier molecular flexibility index (Phi) is 5.97. The zero-order chi connectivity index (χ0) is 21.1. The van der Waals surface area contributed by atoms with Crippen LogP contribution in [0.4, 0.5) is 11.4 Å². The average molecular weight is 428 g/mol. The Balaban J connectivity index is 1.41. The number of H-pyrrole nitrogens is 1. The van der Waals surface area contributed by atoms with Crippen molar-refractivity contribution in [2.75, 3.05) is 28.9 Å². The molecule has 160 valence electrons. The van der Waals surface area contributed by atoms with Crippen LogP contribution >= 0.6 is 0 Å². The van der Waals surface area contributed by atoms with E-state index in [1.54, 1.807) is 6.92 Å². The fourth-order valence-corrected chi connectivity index (χ4v) is 4.66. The molecule has 0 spiro atoms. The summed E-state index contributed by atoms with van der Waals surface area (Å²) in [6.07, 6.45) is 4.11. The van der Waals surface area contributed by atoms with Crippen molar-refractivity contribution in [2.24, 2.45) is 0 Å². The van der Waals surface area contributed by atoms with E-state index >= 15 is 0 Å². The minimum atomic E-state index is -3.28. The van der Waals surface area contributed by atoms with E-state index in [1.807, 2.05) is 25.3 Å². The van der Waals surface area contributed by atoms with E-state index in [2.05, 4.69) is 49.4 Å². The lowest BCUT2D eigenvalue weighted by Gasteiger charge is -2.34. The van der Waals surface area contributed by atoms with Crippen molar-refractivity contribution < 1.29 is 8.42 Å². The third-order valence-corrected chi connectivity index (χ3v) is 6.96. The summed E-state index contributed by atoms with van der Waals surface area (Å²) in [7, 11) is -3.28. The monoisotopic (exact) mass is 427 g/mol. The molecule has 1 fully saturated rings. The van der Waals surface area contributed by atoms with Crippen LogP contribution in [0.15, 0.2) is 42.6 Å². The van der Waals surface area contributed by atoms with Gasteiger partial charge in [-0.2, -0.15) is 5.10 Å². The number of nitrogens with zero attached hydrogens (tertiary/aromatic N) is 2. The number of rotatable bonds is 7. The lowest BCUT2D eigenvalue weighted by molar-refractivity contribution is 0.208. The number of hydrogen-bond donors (Lipinski definition) is 3. The van der Waals surface area contributed by atoms with Crippen LogP contribution in [0, 0.1) is 6.92 Å². The molecular weight excluding hydrogens is 398 g/mol. The molecule has 1 aliphatic heterocycles. The Morgan fingerprint density at radius 3 is 2.93 bits per heavy atom. The number of benzene rings is 2. The molecule has 1 aromatic heterocycles. The van der Waals surface area contributed by atoms with Gasteiger partial charge < -0.3 is 5.32 Å². The van der Waals surface area contributed by atoms with Crippen LogP contribution in [-0.2, 0) is 16.6 Å². The molecule has 3 aromatic rings. The predicted octanol–water partition coefficient (Wildman–Crippen LogP) is 3.71. The van der Waals surface area contributed by atoms with E-state index in [-0.39, 0.29) is 5.75 Å². The van der Waals surface area contributed by atoms with Gasteiger partial charge in [-0.15, -0.1) is 0 Å². The van der Waals surface area contributed by atoms with E-state index in [1.165, 1.54) is 0 Å². The van der Waals surface area contributed by atoms with Crippen molar-refractivity contribution in [3.63, 3.8) is 0 Å². The Morgan fingerprint density at radius 2 is 2.10 bits per heavy atom. The van der Waals surface area contributed by atoms with Gasteiger partial charge >= 0.3 is 0 Å². The fraction of sp³-hybridized carbons (Fsp3) is 0.409. The number of aromatic nitrogens is 2. The van der Waals surface area contributed by atoms with E-state index in [0.29, 0.717) is 11.7 Å². The SMILES string of the molecule is CCS(=O)(=O)Nc1cc(CN2CCC[C@H](Nc3ccc4[nH]ncc4c3)C2)ccc1C. The summed E-state index contributed by atoms with van der Waals surface area (Å²) in [5, 5.41) is 11.8. The van der Waals surface area contributed by atoms with Gasteiger partial charge in [0.05, 0.1) is 23.2 Å². The summed E-state index contributed by atoms with van der Waals surface area (Å²) < 4.78 is 26.6. The largest absolute Gasteiger partial charge is 0.381 e. The van der Waals surface area contributed by atoms with Gasteiger partial charge in [-0.25, -0.2) is 8.42 Å². The van der Waals surface area contributed by atoms with Crippen LogP contribution < -0.4 is 10.0 Å². The molecule has 0 radical (unpaired) electrons. The third-order valence-electron chi connectivity index (χ3n) is 5.67. The average Bonchev–Trinajstić information content (AvgIpc) is 3.18. The molecule has 0 amide bonds. The minimum absolute atomic E-state index is 0.0702. The highest BCUT2D eigenvalue weighted by Gasteiger charge is 2.20. The number of nitrogens with one attached hydrogen (secondary N) is 3. The van der Waals surface area contributed by atoms with Crippen molar-refractivity contribution in [2.45, 2.75) is 39.3 Å². The standard InChI is InChI=1S/C22H29N5O2S/c1-3-30(28,29)26-22-11-17(7-6-16(22)2)14-27-10-4-5-20(15-27)24-19-8-9-21-18(12-19)13-23-25-21/h6-9,11-13,20,24,26H,3-5,10,14-15H2,1-2H3,(H,23,25)/t20-/m0/s1. The third kappa shape index (κ3) is 4.94. The molecule has 4 rings (SSSR count). The molecule has 8 heteroatoms. The van der Waals surface area contributed by atoms with E-state index in [4.69, 9.17) is 0 Å². The molecular formula is C22H29N5O2S. The van der Waals surface area contributed by atoms with Gasteiger partial charge in [-0.3, -0.25) is 14.7 Å². The van der Waals surface area contributed by atoms with E-state index < -0.39 is 10.0 Å². The maximum Gasteiger partial charge on any atom is 0.232 e. The number of aryl methyl sites for hydroxylation is 1. The van der Waals surface area contributed by atoms with Gasteiger partial charge in [-0.1, -0.05) is 12.1 Å². The number of piperidine rings is 1. The molecule has 30 heavy (non-hydrogen) atoms. The molecule has 0 bridgehead atoms. The summed E-state index contributed by atoms with van der Waals surface area (Å²) in [6, 6.07) is 12.7. The molecule has 0 aliphatic carbocycles. The number of aromatic amines is 1. The lowest BCUT2D eigenvalue weighted by Crippen LogP contribution is -2.41. The van der Waals surface area contributed by atoms with Crippen LogP contribution in [0.25, 0.3) is 10.9 Å². The van der Waals surface area contributed by atoms with Gasteiger partial charge in [0.1, 0.15) is 0 Å². The van der Waals surface area contributed by atoms with Gasteiger partial charge in [0, 0.05) is 30.2 Å². The summed E-state index contributed by atoms with van der Waals surface area (Å²) in [5.74, 6) is 0.0702. The molecule has 0 unspecified atom stereocenters. The highest BCUT2D eigenvalue weighted by atomic mass is 32.2. The van der Waals surface area contributed by atoms with Crippen molar-refractivity contribution >= 4 is 32.3 Å². The molecule has 2 aromatic carbocycles. The van der Waals surface area contributed by atoms with Crippen LogP contribution in [0.3, 0.4) is 0 Å². The molecule has 3 N–H and O–H groups in total. The maximum atomic E-state index is 12.0. The Bertz CT molecular complexity index is 1130. The topological polar surface area (TPSA) is 90.1 Å². The molecule has 0 saturated carbocycles. The first kappa shape index (κ1) is 20.7. The molecule has 1 saturated heterocycles. The highest BCUT2D eigenvalue weighted by Crippen LogP contribution is 2.23. The number of anilines is 2. The summed E-state index contributed by atoms with van der Waals surface area (Å²) in [5.41, 5.74) is 4.88. The predicted molar refractivity (Wildman–Crippen MR) is 122 cm³/mol. The van der Waals surface area contributed by atoms with Crippen LogP contribution in [0.1, 0.15) is 30.9 Å². The second-order valence-electron chi connectivity index (χ2n) is 8.05. The maximum absolute atomic E-state index is 12.0. The Labute approximate surface area is 177 Å². The second-order valence-corrected chi connectivity index (χ2v) is 10.1. The number of fused-ring (bicyclic) bond motifs is 1. The van der Waals surface area contributed by atoms with Crippen molar-refractivity contribution in [3.8, 4) is 0 Å². The number of hydrogen-bond acceptors (Lipinski definition) is 5. The van der Waals surface area contributed by atoms with Crippen LogP contribution in [0.2, 0.25) is 0 Å². The Hall–Kier alpha value is -2.58. The quantitative estimate of drug-likeness (QED) is 0.535. The zero-order valence-electron chi connectivity index (χ0n) is 17.5. The fourth-order valence-electron chi connectivity index (χ4n) is 3.96. The van der Waals surface area contributed by atoms with Gasteiger partial charge in [0.15, 0.2) is 0 Å². The molecule has 1 aliphatic rings. The van der Waals surface area contributed by atoms with Crippen LogP contribution in [0.5, 0.6) is 0 Å². The van der Waals surface area contributed by atoms with Gasteiger partial charge in [-0.05, 0) is 68.6 Å². The molecule has 1 atom stereocenters. The van der Waals surface area contributed by atoms with Gasteiger partial charge in [0.25, 0.3) is 0 Å². The van der Waals surface area contributed by atoms with Gasteiger partial charge in [0.2, 0.25) is 10.0 Å². The first-order valence-corrected chi connectivity index (χ1v) is 12.1. The first-order chi connectivity index (χ1) is 14.4. The van der Waals surface area contributed by atoms with Crippen molar-refractivity contribution in [1.29, 1.82) is 0 Å². The normalized spacial score (nSPS) is 17.9. The minimum Gasteiger partial charge on any atom is -0.381 e. The zero-order valence-corrected chi connectivity index (χ0v) is 18.3. The van der Waals surface area contributed by atoms with Crippen LogP contribution in [-0.4, -0.2) is 48.4 Å². The molecule has 7 nitrogen and oxygen atoms in total. The van der Waals surface area contributed by atoms with E-state index in [0.717, 1.165) is 60.2 Å².